The molecule has 2 unspecified atom stereocenters. The predicted octanol–water partition coefficient (Wildman–Crippen LogP) is 1.22. The Labute approximate surface area is 96.8 Å². The van der Waals surface area contributed by atoms with Gasteiger partial charge >= 0.3 is 0 Å². The maximum Gasteiger partial charge on any atom is 0.0503 e. The van der Waals surface area contributed by atoms with Gasteiger partial charge in [0.15, 0.2) is 0 Å². The van der Waals surface area contributed by atoms with E-state index in [2.05, 4.69) is 35.1 Å². The van der Waals surface area contributed by atoms with E-state index in [1.54, 1.807) is 0 Å². The van der Waals surface area contributed by atoms with Crippen LogP contribution in [0.5, 0.6) is 0 Å². The number of rotatable bonds is 3. The van der Waals surface area contributed by atoms with Gasteiger partial charge in [-0.25, -0.2) is 5.43 Å². The first kappa shape index (κ1) is 12.5. The molecule has 0 aromatic heterocycles. The molecular weight excluding hydrogens is 210 g/mol. The van der Waals surface area contributed by atoms with Crippen molar-refractivity contribution in [1.29, 1.82) is 0 Å². The van der Waals surface area contributed by atoms with Crippen LogP contribution in [-0.2, 0) is 0 Å². The molecule has 0 spiro atoms. The minimum absolute atomic E-state index is 0. The van der Waals surface area contributed by atoms with E-state index in [-0.39, 0.29) is 12.4 Å². The van der Waals surface area contributed by atoms with E-state index >= 15 is 0 Å². The molecule has 0 aliphatic carbocycles. The van der Waals surface area contributed by atoms with Crippen molar-refractivity contribution in [3.05, 3.63) is 35.9 Å². The summed E-state index contributed by atoms with van der Waals surface area (Å²) >= 11 is 0. The molecule has 1 fully saturated rings. The predicted molar refractivity (Wildman–Crippen MR) is 64.7 cm³/mol. The Hall–Kier alpha value is -0.610. The molecule has 0 saturated carbocycles. The summed E-state index contributed by atoms with van der Waals surface area (Å²) in [6.07, 6.45) is 1.07. The average Bonchev–Trinajstić information content (AvgIpc) is 2.68. The van der Waals surface area contributed by atoms with Crippen LogP contribution in [0.2, 0.25) is 0 Å². The second kappa shape index (κ2) is 6.08. The molecule has 0 radical (unpaired) electrons. The molecule has 1 aromatic carbocycles. The number of hydrogen-bond acceptors (Lipinski definition) is 3. The minimum atomic E-state index is 0. The van der Waals surface area contributed by atoms with E-state index in [1.807, 2.05) is 6.07 Å². The standard InChI is InChI=1S/C11H17N3.ClH/c12-7-6-10-8-13-14-11(10)9-4-2-1-3-5-9;/h1-5,10-11,13-14H,6-8,12H2;1H. The van der Waals surface area contributed by atoms with Gasteiger partial charge in [-0.1, -0.05) is 30.3 Å². The average molecular weight is 228 g/mol. The van der Waals surface area contributed by atoms with E-state index in [4.69, 9.17) is 5.73 Å². The van der Waals surface area contributed by atoms with E-state index in [9.17, 15) is 0 Å². The maximum atomic E-state index is 5.59. The van der Waals surface area contributed by atoms with Crippen LogP contribution in [0.4, 0.5) is 0 Å². The summed E-state index contributed by atoms with van der Waals surface area (Å²) in [6.45, 7) is 1.77. The number of nitrogens with one attached hydrogen (secondary N) is 2. The number of hydrazine groups is 1. The summed E-state index contributed by atoms with van der Waals surface area (Å²) in [7, 11) is 0. The molecule has 3 nitrogen and oxygen atoms in total. The van der Waals surface area contributed by atoms with Gasteiger partial charge < -0.3 is 5.73 Å². The number of benzene rings is 1. The van der Waals surface area contributed by atoms with Gasteiger partial charge in [-0.15, -0.1) is 12.4 Å². The molecule has 2 rings (SSSR count). The molecule has 1 heterocycles. The SMILES string of the molecule is Cl.NCCC1CNNC1c1ccccc1. The second-order valence-electron chi connectivity index (χ2n) is 3.75. The highest BCUT2D eigenvalue weighted by molar-refractivity contribution is 5.85. The van der Waals surface area contributed by atoms with Crippen molar-refractivity contribution in [3.63, 3.8) is 0 Å². The summed E-state index contributed by atoms with van der Waals surface area (Å²) in [4.78, 5) is 0. The molecule has 4 N–H and O–H groups in total. The third-order valence-corrected chi connectivity index (χ3v) is 2.79. The van der Waals surface area contributed by atoms with Gasteiger partial charge in [0.2, 0.25) is 0 Å². The zero-order chi connectivity index (χ0) is 9.80. The smallest absolute Gasteiger partial charge is 0.0503 e. The van der Waals surface area contributed by atoms with Crippen molar-refractivity contribution in [2.75, 3.05) is 13.1 Å². The topological polar surface area (TPSA) is 50.1 Å². The number of nitrogens with two attached hydrogens (primary N) is 1. The van der Waals surface area contributed by atoms with Crippen molar-refractivity contribution in [3.8, 4) is 0 Å². The Bertz CT molecular complexity index is 278. The quantitative estimate of drug-likeness (QED) is 0.728. The summed E-state index contributed by atoms with van der Waals surface area (Å²) in [6, 6.07) is 10.9. The van der Waals surface area contributed by atoms with Crippen LogP contribution >= 0.6 is 12.4 Å². The number of hydrogen-bond donors (Lipinski definition) is 3. The van der Waals surface area contributed by atoms with Gasteiger partial charge in [0.05, 0.1) is 6.04 Å². The third-order valence-electron chi connectivity index (χ3n) is 2.79. The molecule has 1 saturated heterocycles. The van der Waals surface area contributed by atoms with Crippen molar-refractivity contribution >= 4 is 12.4 Å². The summed E-state index contributed by atoms with van der Waals surface area (Å²) in [5, 5.41) is 0. The van der Waals surface area contributed by atoms with E-state index < -0.39 is 0 Å². The van der Waals surface area contributed by atoms with Crippen LogP contribution in [0.3, 0.4) is 0 Å². The Balaban J connectivity index is 0.00000112. The zero-order valence-corrected chi connectivity index (χ0v) is 9.46. The minimum Gasteiger partial charge on any atom is -0.330 e. The van der Waals surface area contributed by atoms with Crippen LogP contribution in [0.25, 0.3) is 0 Å². The van der Waals surface area contributed by atoms with Crippen molar-refractivity contribution in [2.45, 2.75) is 12.5 Å². The largest absolute Gasteiger partial charge is 0.330 e. The molecule has 0 amide bonds. The second-order valence-corrected chi connectivity index (χ2v) is 3.75. The molecule has 0 bridgehead atoms. The van der Waals surface area contributed by atoms with Crippen molar-refractivity contribution in [1.82, 2.24) is 10.9 Å². The molecular formula is C11H18ClN3. The summed E-state index contributed by atoms with van der Waals surface area (Å²) < 4.78 is 0. The van der Waals surface area contributed by atoms with Gasteiger partial charge in [-0.3, -0.25) is 5.43 Å². The zero-order valence-electron chi connectivity index (χ0n) is 8.65. The van der Waals surface area contributed by atoms with Gasteiger partial charge in [0, 0.05) is 6.54 Å². The highest BCUT2D eigenvalue weighted by Gasteiger charge is 2.26. The molecule has 1 aliphatic heterocycles. The Kier molecular flexibility index (Phi) is 5.05. The Morgan fingerprint density at radius 2 is 2.00 bits per heavy atom. The monoisotopic (exact) mass is 227 g/mol. The Morgan fingerprint density at radius 3 is 2.67 bits per heavy atom. The van der Waals surface area contributed by atoms with Crippen molar-refractivity contribution in [2.24, 2.45) is 11.7 Å². The number of halogens is 1. The van der Waals surface area contributed by atoms with Gasteiger partial charge in [-0.05, 0) is 24.4 Å². The first-order valence-electron chi connectivity index (χ1n) is 5.15. The molecule has 4 heteroatoms. The summed E-state index contributed by atoms with van der Waals surface area (Å²) in [5.41, 5.74) is 13.4. The molecule has 15 heavy (non-hydrogen) atoms. The lowest BCUT2D eigenvalue weighted by atomic mass is 9.92. The van der Waals surface area contributed by atoms with E-state index in [1.165, 1.54) is 5.56 Å². The molecule has 1 aromatic rings. The van der Waals surface area contributed by atoms with Crippen molar-refractivity contribution < 1.29 is 0 Å². The van der Waals surface area contributed by atoms with E-state index in [0.717, 1.165) is 19.5 Å². The maximum absolute atomic E-state index is 5.59. The highest BCUT2D eigenvalue weighted by atomic mass is 35.5. The summed E-state index contributed by atoms with van der Waals surface area (Å²) in [5.74, 6) is 0.613. The molecule has 2 atom stereocenters. The third kappa shape index (κ3) is 2.92. The normalized spacial score (nSPS) is 24.9. The van der Waals surface area contributed by atoms with Crippen LogP contribution in [0.15, 0.2) is 30.3 Å². The van der Waals surface area contributed by atoms with Gasteiger partial charge in [0.25, 0.3) is 0 Å². The fourth-order valence-electron chi connectivity index (χ4n) is 2.03. The van der Waals surface area contributed by atoms with Crippen LogP contribution < -0.4 is 16.6 Å². The van der Waals surface area contributed by atoms with Gasteiger partial charge in [-0.2, -0.15) is 0 Å². The lowest BCUT2D eigenvalue weighted by molar-refractivity contribution is 0.451. The lowest BCUT2D eigenvalue weighted by Gasteiger charge is -2.17. The fourth-order valence-corrected chi connectivity index (χ4v) is 2.03. The first-order chi connectivity index (χ1) is 6.92. The molecule has 84 valence electrons. The molecule has 1 aliphatic rings. The first-order valence-corrected chi connectivity index (χ1v) is 5.15. The van der Waals surface area contributed by atoms with Crippen LogP contribution in [0.1, 0.15) is 18.0 Å². The Morgan fingerprint density at radius 1 is 1.27 bits per heavy atom. The van der Waals surface area contributed by atoms with Crippen LogP contribution in [0, 0.1) is 5.92 Å². The lowest BCUT2D eigenvalue weighted by Crippen LogP contribution is -2.25. The fraction of sp³-hybridized carbons (Fsp3) is 0.455. The van der Waals surface area contributed by atoms with E-state index in [0.29, 0.717) is 12.0 Å². The van der Waals surface area contributed by atoms with Crippen LogP contribution in [-0.4, -0.2) is 13.1 Å². The highest BCUT2D eigenvalue weighted by Crippen LogP contribution is 2.26. The van der Waals surface area contributed by atoms with Gasteiger partial charge in [0.1, 0.15) is 0 Å².